The number of methoxy groups -OCH3 is 1. The summed E-state index contributed by atoms with van der Waals surface area (Å²) in [5, 5.41) is 0. The molecule has 2 aliphatic rings. The third kappa shape index (κ3) is 4.15. The average molecular weight is 396 g/mol. The molecular formula is C18H24N2O6S. The third-order valence-electron chi connectivity index (χ3n) is 5.18. The van der Waals surface area contributed by atoms with Crippen molar-refractivity contribution in [3.05, 3.63) is 29.3 Å². The van der Waals surface area contributed by atoms with Crippen LogP contribution in [0.1, 0.15) is 35.2 Å². The van der Waals surface area contributed by atoms with Crippen molar-refractivity contribution in [2.75, 3.05) is 26.8 Å². The van der Waals surface area contributed by atoms with Crippen molar-refractivity contribution < 1.29 is 27.5 Å². The Kier molecular flexibility index (Phi) is 5.83. The van der Waals surface area contributed by atoms with E-state index in [0.717, 1.165) is 0 Å². The van der Waals surface area contributed by atoms with Crippen LogP contribution in [0.15, 0.2) is 23.1 Å². The predicted octanol–water partition coefficient (Wildman–Crippen LogP) is 0.840. The maximum absolute atomic E-state index is 12.8. The number of cyclic esters (lactones) is 1. The van der Waals surface area contributed by atoms with E-state index in [9.17, 15) is 18.0 Å². The Morgan fingerprint density at radius 2 is 1.96 bits per heavy atom. The first kappa shape index (κ1) is 19.8. The summed E-state index contributed by atoms with van der Waals surface area (Å²) in [4.78, 5) is 25.7. The Labute approximate surface area is 158 Å². The van der Waals surface area contributed by atoms with E-state index in [-0.39, 0.29) is 28.5 Å². The Morgan fingerprint density at radius 3 is 2.56 bits per heavy atom. The van der Waals surface area contributed by atoms with Gasteiger partial charge < -0.3 is 9.47 Å². The maximum atomic E-state index is 12.8. The summed E-state index contributed by atoms with van der Waals surface area (Å²) in [5.74, 6) is -0.759. The molecule has 9 heteroatoms. The molecule has 0 radical (unpaired) electrons. The van der Waals surface area contributed by atoms with E-state index >= 15 is 0 Å². The quantitative estimate of drug-likeness (QED) is 0.736. The molecule has 0 spiro atoms. The molecule has 0 amide bonds. The topological polar surface area (TPSA) is 102 Å². The molecule has 27 heavy (non-hydrogen) atoms. The molecule has 3 rings (SSSR count). The Balaban J connectivity index is 1.67. The SMILES string of the molecule is COC(=O)c1cccc(S(=O)(=O)NC2CCN([C@H]3CCOC3=O)CC2)c1C. The molecule has 0 aliphatic carbocycles. The number of esters is 2. The molecule has 1 aromatic carbocycles. The third-order valence-corrected chi connectivity index (χ3v) is 6.84. The highest BCUT2D eigenvalue weighted by Crippen LogP contribution is 2.23. The summed E-state index contributed by atoms with van der Waals surface area (Å²) >= 11 is 0. The van der Waals surface area contributed by atoms with E-state index in [1.807, 2.05) is 0 Å². The van der Waals surface area contributed by atoms with E-state index in [1.54, 1.807) is 13.0 Å². The van der Waals surface area contributed by atoms with Gasteiger partial charge in [0.25, 0.3) is 0 Å². The molecule has 8 nitrogen and oxygen atoms in total. The molecule has 2 saturated heterocycles. The van der Waals surface area contributed by atoms with Crippen LogP contribution in [-0.2, 0) is 24.3 Å². The van der Waals surface area contributed by atoms with Gasteiger partial charge in [0, 0.05) is 25.6 Å². The number of hydrogen-bond acceptors (Lipinski definition) is 7. The summed E-state index contributed by atoms with van der Waals surface area (Å²) in [5.41, 5.74) is 0.595. The minimum atomic E-state index is -3.77. The van der Waals surface area contributed by atoms with Gasteiger partial charge >= 0.3 is 11.9 Å². The number of carbonyl (C=O) groups excluding carboxylic acids is 2. The maximum Gasteiger partial charge on any atom is 0.338 e. The van der Waals surface area contributed by atoms with Crippen LogP contribution in [0, 0.1) is 6.92 Å². The largest absolute Gasteiger partial charge is 0.465 e. The summed E-state index contributed by atoms with van der Waals surface area (Å²) < 4.78 is 38.1. The first-order chi connectivity index (χ1) is 12.8. The molecule has 2 fully saturated rings. The van der Waals surface area contributed by atoms with Gasteiger partial charge in [-0.2, -0.15) is 0 Å². The number of ether oxygens (including phenoxy) is 2. The van der Waals surface area contributed by atoms with Gasteiger partial charge in [0.1, 0.15) is 6.04 Å². The van der Waals surface area contributed by atoms with Gasteiger partial charge in [-0.15, -0.1) is 0 Å². The molecular weight excluding hydrogens is 372 g/mol. The Bertz CT molecular complexity index is 830. The standard InChI is InChI=1S/C18H24N2O6S/c1-12-14(17(21)25-2)4-3-5-16(12)27(23,24)19-13-6-9-20(10-7-13)15-8-11-26-18(15)22/h3-5,13,15,19H,6-11H2,1-2H3/t15-/m0/s1. The summed E-state index contributed by atoms with van der Waals surface area (Å²) in [6, 6.07) is 4.13. The van der Waals surface area contributed by atoms with Gasteiger partial charge in [-0.3, -0.25) is 9.69 Å². The molecule has 1 atom stereocenters. The van der Waals surface area contributed by atoms with Gasteiger partial charge in [0.15, 0.2) is 0 Å². The Morgan fingerprint density at radius 1 is 1.26 bits per heavy atom. The lowest BCUT2D eigenvalue weighted by Gasteiger charge is -2.34. The van der Waals surface area contributed by atoms with Crippen molar-refractivity contribution in [1.82, 2.24) is 9.62 Å². The summed E-state index contributed by atoms with van der Waals surface area (Å²) in [7, 11) is -2.51. The molecule has 1 aromatic rings. The zero-order valence-electron chi connectivity index (χ0n) is 15.4. The van der Waals surface area contributed by atoms with Crippen LogP contribution in [0.4, 0.5) is 0 Å². The monoisotopic (exact) mass is 396 g/mol. The van der Waals surface area contributed by atoms with Crippen molar-refractivity contribution >= 4 is 22.0 Å². The minimum absolute atomic E-state index is 0.0761. The van der Waals surface area contributed by atoms with Crippen LogP contribution >= 0.6 is 0 Å². The number of piperidine rings is 1. The van der Waals surface area contributed by atoms with Crippen molar-refractivity contribution in [2.45, 2.75) is 43.2 Å². The molecule has 0 unspecified atom stereocenters. The van der Waals surface area contributed by atoms with Crippen LogP contribution < -0.4 is 4.72 Å². The van der Waals surface area contributed by atoms with E-state index in [4.69, 9.17) is 9.47 Å². The van der Waals surface area contributed by atoms with E-state index < -0.39 is 16.0 Å². The minimum Gasteiger partial charge on any atom is -0.465 e. The highest BCUT2D eigenvalue weighted by atomic mass is 32.2. The van der Waals surface area contributed by atoms with E-state index in [2.05, 4.69) is 9.62 Å². The number of nitrogens with zero attached hydrogens (tertiary/aromatic N) is 1. The lowest BCUT2D eigenvalue weighted by Crippen LogP contribution is -2.49. The first-order valence-corrected chi connectivity index (χ1v) is 10.4. The number of sulfonamides is 1. The van der Waals surface area contributed by atoms with Gasteiger partial charge in [-0.1, -0.05) is 6.07 Å². The van der Waals surface area contributed by atoms with Crippen molar-refractivity contribution in [3.8, 4) is 0 Å². The fourth-order valence-electron chi connectivity index (χ4n) is 3.67. The van der Waals surface area contributed by atoms with Gasteiger partial charge in [0.05, 0.1) is 24.2 Å². The first-order valence-electron chi connectivity index (χ1n) is 8.94. The second-order valence-electron chi connectivity index (χ2n) is 6.82. The number of carbonyl (C=O) groups is 2. The van der Waals surface area contributed by atoms with Crippen molar-refractivity contribution in [1.29, 1.82) is 0 Å². The van der Waals surface area contributed by atoms with Gasteiger partial charge in [-0.05, 0) is 37.5 Å². The van der Waals surface area contributed by atoms with Crippen LogP contribution in [0.2, 0.25) is 0 Å². The predicted molar refractivity (Wildman–Crippen MR) is 96.8 cm³/mol. The molecule has 0 aromatic heterocycles. The van der Waals surface area contributed by atoms with Crippen LogP contribution in [-0.4, -0.2) is 64.1 Å². The Hall–Kier alpha value is -1.97. The van der Waals surface area contributed by atoms with Crippen LogP contribution in [0.3, 0.4) is 0 Å². The lowest BCUT2D eigenvalue weighted by atomic mass is 10.0. The summed E-state index contributed by atoms with van der Waals surface area (Å²) in [6.45, 7) is 3.31. The number of nitrogens with one attached hydrogen (secondary N) is 1. The molecule has 2 heterocycles. The fraction of sp³-hybridized carbons (Fsp3) is 0.556. The molecule has 2 aliphatic heterocycles. The normalized spacial score (nSPS) is 21.9. The zero-order valence-corrected chi connectivity index (χ0v) is 16.3. The van der Waals surface area contributed by atoms with Gasteiger partial charge in [0.2, 0.25) is 10.0 Å². The second kappa shape index (κ2) is 7.95. The molecule has 148 valence electrons. The molecule has 0 bridgehead atoms. The number of rotatable bonds is 5. The summed E-state index contributed by atoms with van der Waals surface area (Å²) in [6.07, 6.45) is 1.91. The average Bonchev–Trinajstić information content (AvgIpc) is 3.07. The highest BCUT2D eigenvalue weighted by molar-refractivity contribution is 7.89. The lowest BCUT2D eigenvalue weighted by molar-refractivity contribution is -0.142. The number of likely N-dealkylation sites (tertiary alicyclic amines) is 1. The fourth-order valence-corrected chi connectivity index (χ4v) is 5.24. The van der Waals surface area contributed by atoms with Crippen LogP contribution in [0.5, 0.6) is 0 Å². The van der Waals surface area contributed by atoms with Gasteiger partial charge in [-0.25, -0.2) is 17.9 Å². The van der Waals surface area contributed by atoms with E-state index in [1.165, 1.54) is 19.2 Å². The van der Waals surface area contributed by atoms with E-state index in [0.29, 0.717) is 44.5 Å². The highest BCUT2D eigenvalue weighted by Gasteiger charge is 2.35. The van der Waals surface area contributed by atoms with Crippen LogP contribution in [0.25, 0.3) is 0 Å². The smallest absolute Gasteiger partial charge is 0.338 e. The second-order valence-corrected chi connectivity index (χ2v) is 8.51. The van der Waals surface area contributed by atoms with Crippen molar-refractivity contribution in [3.63, 3.8) is 0 Å². The molecule has 0 saturated carbocycles. The van der Waals surface area contributed by atoms with Crippen molar-refractivity contribution in [2.24, 2.45) is 0 Å². The zero-order chi connectivity index (χ0) is 19.6. The number of hydrogen-bond donors (Lipinski definition) is 1. The number of benzene rings is 1. The molecule has 1 N–H and O–H groups in total.